The largest absolute Gasteiger partial charge is 0.480 e. The Morgan fingerprint density at radius 3 is 2.88 bits per heavy atom. The zero-order valence-electron chi connectivity index (χ0n) is 8.43. The second kappa shape index (κ2) is 5.48. The third kappa shape index (κ3) is 2.95. The molecule has 1 aromatic carbocycles. The highest BCUT2D eigenvalue weighted by molar-refractivity contribution is 5.85. The Kier molecular flexibility index (Phi) is 4.28. The van der Waals surface area contributed by atoms with E-state index in [1.807, 2.05) is 24.3 Å². The van der Waals surface area contributed by atoms with Crippen LogP contribution in [0.2, 0.25) is 0 Å². The predicted octanol–water partition coefficient (Wildman–Crippen LogP) is 1.16. The summed E-state index contributed by atoms with van der Waals surface area (Å²) < 4.78 is 0. The summed E-state index contributed by atoms with van der Waals surface area (Å²) in [6.07, 6.45) is 0. The molecule has 6 heteroatoms. The molecule has 0 saturated carbocycles. The van der Waals surface area contributed by atoms with E-state index in [4.69, 9.17) is 5.11 Å². The van der Waals surface area contributed by atoms with Gasteiger partial charge in [0.15, 0.2) is 0 Å². The first-order chi connectivity index (χ1) is 7.25. The van der Waals surface area contributed by atoms with Gasteiger partial charge in [0.25, 0.3) is 0 Å². The lowest BCUT2D eigenvalue weighted by molar-refractivity contribution is -0.135. The zero-order valence-corrected chi connectivity index (χ0v) is 9.25. The molecule has 2 aromatic rings. The minimum absolute atomic E-state index is 0. The first-order valence-corrected chi connectivity index (χ1v) is 4.62. The van der Waals surface area contributed by atoms with E-state index < -0.39 is 5.97 Å². The average Bonchev–Trinajstić information content (AvgIpc) is 2.59. The van der Waals surface area contributed by atoms with Crippen molar-refractivity contribution in [1.29, 1.82) is 0 Å². The smallest absolute Gasteiger partial charge is 0.317 e. The summed E-state index contributed by atoms with van der Waals surface area (Å²) in [7, 11) is 0. The maximum absolute atomic E-state index is 10.3. The van der Waals surface area contributed by atoms with E-state index in [9.17, 15) is 4.79 Å². The minimum Gasteiger partial charge on any atom is -0.480 e. The molecule has 0 unspecified atom stereocenters. The highest BCUT2D eigenvalue weighted by Crippen LogP contribution is 2.09. The SMILES string of the molecule is Cl.O=C(O)CNCc1nc2ccccc2[nH]1. The number of benzene rings is 1. The molecule has 0 saturated heterocycles. The average molecular weight is 242 g/mol. The number of aliphatic carboxylic acids is 1. The molecule has 2 rings (SSSR count). The third-order valence-electron chi connectivity index (χ3n) is 2.01. The number of nitrogens with one attached hydrogen (secondary N) is 2. The lowest BCUT2D eigenvalue weighted by Crippen LogP contribution is -2.22. The number of hydrogen-bond donors (Lipinski definition) is 3. The lowest BCUT2D eigenvalue weighted by Gasteiger charge is -1.96. The number of halogens is 1. The Morgan fingerprint density at radius 1 is 1.44 bits per heavy atom. The molecule has 0 aliphatic carbocycles. The number of rotatable bonds is 4. The van der Waals surface area contributed by atoms with Crippen molar-refractivity contribution >= 4 is 29.4 Å². The fourth-order valence-electron chi connectivity index (χ4n) is 1.38. The number of carbonyl (C=O) groups is 1. The van der Waals surface area contributed by atoms with Crippen molar-refractivity contribution < 1.29 is 9.90 Å². The van der Waals surface area contributed by atoms with E-state index in [0.717, 1.165) is 16.9 Å². The van der Waals surface area contributed by atoms with Gasteiger partial charge in [-0.05, 0) is 12.1 Å². The molecule has 5 nitrogen and oxygen atoms in total. The van der Waals surface area contributed by atoms with Crippen LogP contribution in [0.15, 0.2) is 24.3 Å². The van der Waals surface area contributed by atoms with Crippen LogP contribution < -0.4 is 5.32 Å². The summed E-state index contributed by atoms with van der Waals surface area (Å²) in [4.78, 5) is 17.7. The molecule has 0 radical (unpaired) electrons. The first kappa shape index (κ1) is 12.5. The van der Waals surface area contributed by atoms with Crippen LogP contribution >= 0.6 is 12.4 Å². The Hall–Kier alpha value is -1.59. The molecule has 0 atom stereocenters. The normalized spacial score (nSPS) is 10.0. The number of para-hydroxylation sites is 2. The maximum atomic E-state index is 10.3. The van der Waals surface area contributed by atoms with Crippen LogP contribution in [0.4, 0.5) is 0 Å². The molecule has 0 spiro atoms. The Labute approximate surface area is 98.3 Å². The summed E-state index contributed by atoms with van der Waals surface area (Å²) in [5, 5.41) is 11.2. The van der Waals surface area contributed by atoms with E-state index in [2.05, 4.69) is 15.3 Å². The Morgan fingerprint density at radius 2 is 2.19 bits per heavy atom. The molecule has 0 bridgehead atoms. The van der Waals surface area contributed by atoms with Crippen molar-refractivity contribution in [2.24, 2.45) is 0 Å². The van der Waals surface area contributed by atoms with Crippen molar-refractivity contribution in [3.63, 3.8) is 0 Å². The highest BCUT2D eigenvalue weighted by atomic mass is 35.5. The van der Waals surface area contributed by atoms with Crippen molar-refractivity contribution in [3.8, 4) is 0 Å². The van der Waals surface area contributed by atoms with Gasteiger partial charge in [-0.1, -0.05) is 12.1 Å². The quantitative estimate of drug-likeness (QED) is 0.751. The lowest BCUT2D eigenvalue weighted by atomic mass is 10.3. The van der Waals surface area contributed by atoms with Crippen LogP contribution in [0.25, 0.3) is 11.0 Å². The van der Waals surface area contributed by atoms with Gasteiger partial charge in [-0.15, -0.1) is 12.4 Å². The number of imidazole rings is 1. The molecular weight excluding hydrogens is 230 g/mol. The maximum Gasteiger partial charge on any atom is 0.317 e. The van der Waals surface area contributed by atoms with Gasteiger partial charge >= 0.3 is 5.97 Å². The highest BCUT2D eigenvalue weighted by Gasteiger charge is 2.02. The summed E-state index contributed by atoms with van der Waals surface area (Å²) in [5.74, 6) is -0.122. The van der Waals surface area contributed by atoms with Gasteiger partial charge in [0.2, 0.25) is 0 Å². The second-order valence-electron chi connectivity index (χ2n) is 3.20. The molecule has 0 fully saturated rings. The summed E-state index contributed by atoms with van der Waals surface area (Å²) >= 11 is 0. The van der Waals surface area contributed by atoms with Crippen LogP contribution in [0.3, 0.4) is 0 Å². The van der Waals surface area contributed by atoms with Crippen LogP contribution in [0.1, 0.15) is 5.82 Å². The fourth-order valence-corrected chi connectivity index (χ4v) is 1.38. The van der Waals surface area contributed by atoms with Gasteiger partial charge in [-0.25, -0.2) is 4.98 Å². The Balaban J connectivity index is 0.00000128. The van der Waals surface area contributed by atoms with Gasteiger partial charge in [-0.2, -0.15) is 0 Å². The number of carboxylic acids is 1. The molecule has 86 valence electrons. The summed E-state index contributed by atoms with van der Waals surface area (Å²) in [5.41, 5.74) is 1.86. The molecule has 0 aliphatic heterocycles. The molecule has 0 amide bonds. The van der Waals surface area contributed by atoms with Gasteiger partial charge in [0, 0.05) is 0 Å². The number of carboxylic acid groups (broad SMARTS) is 1. The number of nitrogens with zero attached hydrogens (tertiary/aromatic N) is 1. The van der Waals surface area contributed by atoms with Gasteiger partial charge in [-0.3, -0.25) is 10.1 Å². The Bertz CT molecular complexity index is 451. The van der Waals surface area contributed by atoms with Crippen LogP contribution in [0, 0.1) is 0 Å². The van der Waals surface area contributed by atoms with Crippen molar-refractivity contribution in [2.45, 2.75) is 6.54 Å². The van der Waals surface area contributed by atoms with Gasteiger partial charge < -0.3 is 10.1 Å². The fraction of sp³-hybridized carbons (Fsp3) is 0.200. The molecule has 1 aromatic heterocycles. The second-order valence-corrected chi connectivity index (χ2v) is 3.20. The standard InChI is InChI=1S/C10H11N3O2.ClH/c14-10(15)6-11-5-9-12-7-3-1-2-4-8(7)13-9;/h1-4,11H,5-6H2,(H,12,13)(H,14,15);1H. The van der Waals surface area contributed by atoms with Crippen molar-refractivity contribution in [2.75, 3.05) is 6.54 Å². The van der Waals surface area contributed by atoms with Crippen LogP contribution in [-0.2, 0) is 11.3 Å². The number of H-pyrrole nitrogens is 1. The summed E-state index contributed by atoms with van der Waals surface area (Å²) in [6, 6.07) is 7.68. The van der Waals surface area contributed by atoms with E-state index in [1.165, 1.54) is 0 Å². The zero-order chi connectivity index (χ0) is 10.7. The molecule has 0 aliphatic rings. The third-order valence-corrected chi connectivity index (χ3v) is 2.01. The number of aromatic amines is 1. The first-order valence-electron chi connectivity index (χ1n) is 4.62. The predicted molar refractivity (Wildman–Crippen MR) is 62.7 cm³/mol. The molecular formula is C10H12ClN3O2. The monoisotopic (exact) mass is 241 g/mol. The van der Waals surface area contributed by atoms with Crippen molar-refractivity contribution in [3.05, 3.63) is 30.1 Å². The van der Waals surface area contributed by atoms with Gasteiger partial charge in [0.1, 0.15) is 5.82 Å². The minimum atomic E-state index is -0.869. The van der Waals surface area contributed by atoms with E-state index >= 15 is 0 Å². The number of aromatic nitrogens is 2. The van der Waals surface area contributed by atoms with E-state index in [1.54, 1.807) is 0 Å². The molecule has 3 N–H and O–H groups in total. The van der Waals surface area contributed by atoms with Crippen LogP contribution in [-0.4, -0.2) is 27.6 Å². The van der Waals surface area contributed by atoms with E-state index in [0.29, 0.717) is 6.54 Å². The molecule has 1 heterocycles. The van der Waals surface area contributed by atoms with Crippen LogP contribution in [0.5, 0.6) is 0 Å². The van der Waals surface area contributed by atoms with Gasteiger partial charge in [0.05, 0.1) is 24.1 Å². The number of hydrogen-bond acceptors (Lipinski definition) is 3. The number of fused-ring (bicyclic) bond motifs is 1. The topological polar surface area (TPSA) is 78.0 Å². The molecule has 16 heavy (non-hydrogen) atoms. The summed E-state index contributed by atoms with van der Waals surface area (Å²) in [6.45, 7) is 0.373. The van der Waals surface area contributed by atoms with E-state index in [-0.39, 0.29) is 19.0 Å². The van der Waals surface area contributed by atoms with Crippen molar-refractivity contribution in [1.82, 2.24) is 15.3 Å².